The van der Waals surface area contributed by atoms with Crippen molar-refractivity contribution in [3.8, 4) is 0 Å². The lowest BCUT2D eigenvalue weighted by atomic mass is 10.1. The molecule has 0 radical (unpaired) electrons. The maximum absolute atomic E-state index is 12.7. The first kappa shape index (κ1) is 14.5. The number of carbonyl (C=O) groups excluding carboxylic acids is 1. The van der Waals surface area contributed by atoms with Crippen molar-refractivity contribution in [2.45, 2.75) is 26.3 Å². The normalized spacial score (nSPS) is 15.8. The predicted octanol–water partition coefficient (Wildman–Crippen LogP) is 5.31. The molecule has 0 atom stereocenters. The summed E-state index contributed by atoms with van der Waals surface area (Å²) in [7, 11) is 0. The Morgan fingerprint density at radius 3 is 2.67 bits per heavy atom. The van der Waals surface area contributed by atoms with E-state index in [0.29, 0.717) is 6.54 Å². The van der Waals surface area contributed by atoms with Crippen LogP contribution < -0.4 is 0 Å². The Balaban J connectivity index is 1.99. The number of allylic oxidation sites excluding steroid dienone is 1. The van der Waals surface area contributed by atoms with Crippen LogP contribution in [0.1, 0.15) is 41.3 Å². The summed E-state index contributed by atoms with van der Waals surface area (Å²) in [5, 5.41) is 2.04. The van der Waals surface area contributed by atoms with Crippen molar-refractivity contribution in [2.75, 3.05) is 0 Å². The minimum atomic E-state index is 0.103. The summed E-state index contributed by atoms with van der Waals surface area (Å²) in [4.78, 5) is 14.6. The molecule has 0 aliphatic carbocycles. The van der Waals surface area contributed by atoms with E-state index in [-0.39, 0.29) is 5.91 Å². The van der Waals surface area contributed by atoms with Crippen molar-refractivity contribution >= 4 is 38.9 Å². The summed E-state index contributed by atoms with van der Waals surface area (Å²) >= 11 is 5.21. The van der Waals surface area contributed by atoms with Crippen LogP contribution in [0.25, 0.3) is 5.70 Å². The highest BCUT2D eigenvalue weighted by Gasteiger charge is 2.31. The topological polar surface area (TPSA) is 20.3 Å². The molecule has 0 unspecified atom stereocenters. The fourth-order valence-corrected chi connectivity index (χ4v) is 3.77. The highest BCUT2D eigenvalue weighted by molar-refractivity contribution is 9.11. The molecule has 0 bridgehead atoms. The van der Waals surface area contributed by atoms with E-state index in [0.717, 1.165) is 39.0 Å². The number of unbranched alkanes of at least 4 members (excludes halogenated alkanes) is 1. The fraction of sp³-hybridized carbons (Fsp3) is 0.235. The molecule has 0 saturated carbocycles. The zero-order valence-electron chi connectivity index (χ0n) is 11.8. The van der Waals surface area contributed by atoms with E-state index >= 15 is 0 Å². The zero-order chi connectivity index (χ0) is 14.8. The molecule has 1 aromatic carbocycles. The van der Waals surface area contributed by atoms with Gasteiger partial charge in [0.1, 0.15) is 0 Å². The maximum Gasteiger partial charge on any atom is 0.259 e. The van der Waals surface area contributed by atoms with Crippen LogP contribution in [0.4, 0.5) is 0 Å². The molecule has 0 spiro atoms. The molecule has 1 aliphatic heterocycles. The molecular weight excluding hydrogens is 346 g/mol. The summed E-state index contributed by atoms with van der Waals surface area (Å²) in [5.74, 6) is 0.103. The van der Waals surface area contributed by atoms with Crippen LogP contribution in [0.5, 0.6) is 0 Å². The maximum atomic E-state index is 12.7. The van der Waals surface area contributed by atoms with Gasteiger partial charge < -0.3 is 4.90 Å². The minimum Gasteiger partial charge on any atom is -0.304 e. The third kappa shape index (κ3) is 2.70. The third-order valence-electron chi connectivity index (χ3n) is 3.62. The van der Waals surface area contributed by atoms with E-state index in [4.69, 9.17) is 0 Å². The first-order valence-corrected chi connectivity index (χ1v) is 8.73. The van der Waals surface area contributed by atoms with Gasteiger partial charge in [0, 0.05) is 16.8 Å². The molecule has 3 rings (SSSR count). The van der Waals surface area contributed by atoms with Gasteiger partial charge in [0.25, 0.3) is 5.91 Å². The van der Waals surface area contributed by atoms with Gasteiger partial charge in [-0.15, -0.1) is 11.3 Å². The van der Waals surface area contributed by atoms with Crippen molar-refractivity contribution in [1.82, 2.24) is 4.90 Å². The van der Waals surface area contributed by atoms with Crippen LogP contribution in [0, 0.1) is 0 Å². The second kappa shape index (κ2) is 6.16. The molecular formula is C17H16BrNOS. The Morgan fingerprint density at radius 2 is 2.00 bits per heavy atom. The Hall–Kier alpha value is -1.39. The lowest BCUT2D eigenvalue weighted by Gasteiger charge is -2.18. The van der Waals surface area contributed by atoms with Crippen molar-refractivity contribution < 1.29 is 4.79 Å². The van der Waals surface area contributed by atoms with Crippen LogP contribution >= 0.6 is 27.3 Å². The van der Waals surface area contributed by atoms with Crippen LogP contribution in [0.3, 0.4) is 0 Å². The number of thiophene rings is 1. The van der Waals surface area contributed by atoms with Crippen LogP contribution in [-0.2, 0) is 6.54 Å². The summed E-state index contributed by atoms with van der Waals surface area (Å²) in [6, 6.07) is 9.95. The zero-order valence-corrected chi connectivity index (χ0v) is 14.2. The fourth-order valence-electron chi connectivity index (χ4n) is 2.55. The molecule has 0 N–H and O–H groups in total. The quantitative estimate of drug-likeness (QED) is 0.722. The molecule has 2 aromatic rings. The summed E-state index contributed by atoms with van der Waals surface area (Å²) in [6.07, 6.45) is 4.25. The third-order valence-corrected chi connectivity index (χ3v) is 5.43. The number of amides is 1. The van der Waals surface area contributed by atoms with E-state index in [1.54, 1.807) is 11.3 Å². The molecule has 21 heavy (non-hydrogen) atoms. The first-order chi connectivity index (χ1) is 10.2. The lowest BCUT2D eigenvalue weighted by molar-refractivity contribution is 0.0842. The minimum absolute atomic E-state index is 0.103. The van der Waals surface area contributed by atoms with E-state index < -0.39 is 0 Å². The molecule has 1 aliphatic rings. The number of benzene rings is 1. The molecule has 1 amide bonds. The van der Waals surface area contributed by atoms with Gasteiger partial charge >= 0.3 is 0 Å². The molecule has 1 aromatic heterocycles. The molecule has 0 fully saturated rings. The van der Waals surface area contributed by atoms with E-state index in [9.17, 15) is 4.79 Å². The summed E-state index contributed by atoms with van der Waals surface area (Å²) in [5.41, 5.74) is 4.08. The van der Waals surface area contributed by atoms with E-state index in [1.807, 2.05) is 34.5 Å². The first-order valence-electron chi connectivity index (χ1n) is 7.05. The number of fused-ring (bicyclic) bond motifs is 1. The van der Waals surface area contributed by atoms with Crippen LogP contribution in [0.2, 0.25) is 0 Å². The van der Waals surface area contributed by atoms with E-state index in [2.05, 4.69) is 35.0 Å². The smallest absolute Gasteiger partial charge is 0.259 e. The molecule has 4 heteroatoms. The van der Waals surface area contributed by atoms with Crippen LogP contribution in [0.15, 0.2) is 45.6 Å². The Kier molecular flexibility index (Phi) is 4.27. The molecule has 2 nitrogen and oxygen atoms in total. The summed E-state index contributed by atoms with van der Waals surface area (Å²) in [6.45, 7) is 2.77. The highest BCUT2D eigenvalue weighted by Crippen LogP contribution is 2.36. The number of halogens is 1. The average Bonchev–Trinajstić information content (AvgIpc) is 3.01. The van der Waals surface area contributed by atoms with Gasteiger partial charge in [-0.2, -0.15) is 0 Å². The van der Waals surface area contributed by atoms with Crippen molar-refractivity contribution in [3.63, 3.8) is 0 Å². The van der Waals surface area contributed by atoms with Gasteiger partial charge in [-0.3, -0.25) is 4.79 Å². The monoisotopic (exact) mass is 361 g/mol. The van der Waals surface area contributed by atoms with Crippen molar-refractivity contribution in [2.24, 2.45) is 0 Å². The number of nitrogens with zero attached hydrogens (tertiary/aromatic N) is 1. The van der Waals surface area contributed by atoms with Gasteiger partial charge in [-0.25, -0.2) is 0 Å². The summed E-state index contributed by atoms with van der Waals surface area (Å²) < 4.78 is 1.10. The lowest BCUT2D eigenvalue weighted by Crippen LogP contribution is -2.22. The van der Waals surface area contributed by atoms with Gasteiger partial charge in [-0.1, -0.05) is 37.6 Å². The predicted molar refractivity (Wildman–Crippen MR) is 91.2 cm³/mol. The SMILES string of the molecule is CCC/C=C1\c2ccccc2C(=O)N1Cc1ccsc1Br. The Labute approximate surface area is 137 Å². The molecule has 108 valence electrons. The van der Waals surface area contributed by atoms with Gasteiger partial charge in [-0.05, 0) is 45.4 Å². The number of rotatable bonds is 4. The second-order valence-electron chi connectivity index (χ2n) is 5.03. The standard InChI is InChI=1S/C17H16BrNOS/c1-2-3-8-15-13-6-4-5-7-14(13)17(20)19(15)11-12-9-10-21-16(12)18/h4-10H,2-3,11H2,1H3/b15-8+. The largest absolute Gasteiger partial charge is 0.304 e. The van der Waals surface area contributed by atoms with Gasteiger partial charge in [0.2, 0.25) is 0 Å². The highest BCUT2D eigenvalue weighted by atomic mass is 79.9. The van der Waals surface area contributed by atoms with Gasteiger partial charge in [0.05, 0.1) is 10.3 Å². The van der Waals surface area contributed by atoms with Crippen molar-refractivity contribution in [1.29, 1.82) is 0 Å². The Bertz CT molecular complexity index is 704. The van der Waals surface area contributed by atoms with Gasteiger partial charge in [0.15, 0.2) is 0 Å². The number of hydrogen-bond acceptors (Lipinski definition) is 2. The second-order valence-corrected chi connectivity index (χ2v) is 7.27. The van der Waals surface area contributed by atoms with Crippen LogP contribution in [-0.4, -0.2) is 10.8 Å². The molecule has 0 saturated heterocycles. The molecule has 2 heterocycles. The number of hydrogen-bond donors (Lipinski definition) is 0. The number of carbonyl (C=O) groups is 1. The average molecular weight is 362 g/mol. The van der Waals surface area contributed by atoms with E-state index in [1.165, 1.54) is 0 Å². The van der Waals surface area contributed by atoms with Crippen molar-refractivity contribution in [3.05, 3.63) is 62.3 Å². The Morgan fingerprint density at radius 1 is 1.24 bits per heavy atom.